The Labute approximate surface area is 162 Å². The van der Waals surface area contributed by atoms with Crippen molar-refractivity contribution in [1.29, 1.82) is 0 Å². The van der Waals surface area contributed by atoms with Crippen LogP contribution in [0.1, 0.15) is 10.4 Å². The van der Waals surface area contributed by atoms with Crippen molar-refractivity contribution in [2.45, 2.75) is 17.7 Å². The number of hydrogen-bond acceptors (Lipinski definition) is 9. The number of hydrogen-bond donors (Lipinski definition) is 4. The average molecular weight is 425 g/mol. The predicted molar refractivity (Wildman–Crippen MR) is 101 cm³/mol. The normalized spacial score (nSPS) is 12.8. The minimum absolute atomic E-state index is 0.0702. The van der Waals surface area contributed by atoms with Crippen molar-refractivity contribution in [2.75, 3.05) is 11.9 Å². The largest absolute Gasteiger partial charge is 0.394 e. The van der Waals surface area contributed by atoms with Crippen molar-refractivity contribution in [3.8, 4) is 0 Å². The SMILES string of the molecule is NS(=O)(=O)c1ccc(NC(=O)c2csc3ncn(CC(O)CO)c(=O)c23)cn1. The Morgan fingerprint density at radius 1 is 1.36 bits per heavy atom. The number of primary sulfonamides is 1. The minimum atomic E-state index is -3.96. The van der Waals surface area contributed by atoms with Crippen molar-refractivity contribution >= 4 is 43.2 Å². The van der Waals surface area contributed by atoms with E-state index in [-0.39, 0.29) is 28.2 Å². The molecule has 1 atom stereocenters. The Hall–Kier alpha value is -2.71. The number of nitrogens with two attached hydrogens (primary N) is 1. The maximum atomic E-state index is 12.6. The first-order chi connectivity index (χ1) is 13.2. The molecule has 13 heteroatoms. The van der Waals surface area contributed by atoms with Gasteiger partial charge in [0.25, 0.3) is 21.5 Å². The first-order valence-corrected chi connectivity index (χ1v) is 10.2. The molecule has 0 fully saturated rings. The summed E-state index contributed by atoms with van der Waals surface area (Å²) in [5.41, 5.74) is -0.260. The predicted octanol–water partition coefficient (Wildman–Crippen LogP) is -0.894. The van der Waals surface area contributed by atoms with Crippen LogP contribution in [0.4, 0.5) is 5.69 Å². The highest BCUT2D eigenvalue weighted by Gasteiger charge is 2.19. The van der Waals surface area contributed by atoms with E-state index in [1.165, 1.54) is 17.8 Å². The van der Waals surface area contributed by atoms with Gasteiger partial charge >= 0.3 is 0 Å². The highest BCUT2D eigenvalue weighted by Crippen LogP contribution is 2.22. The zero-order chi connectivity index (χ0) is 20.5. The Kier molecular flexibility index (Phi) is 5.53. The first kappa shape index (κ1) is 20.0. The van der Waals surface area contributed by atoms with Crippen molar-refractivity contribution in [2.24, 2.45) is 5.14 Å². The van der Waals surface area contributed by atoms with Crippen molar-refractivity contribution in [1.82, 2.24) is 14.5 Å². The van der Waals surface area contributed by atoms with E-state index in [2.05, 4.69) is 15.3 Å². The Balaban J connectivity index is 1.91. The number of thiophene rings is 1. The molecule has 11 nitrogen and oxygen atoms in total. The number of rotatable bonds is 6. The lowest BCUT2D eigenvalue weighted by Crippen LogP contribution is -2.29. The first-order valence-electron chi connectivity index (χ1n) is 7.76. The number of aromatic nitrogens is 3. The van der Waals surface area contributed by atoms with Crippen LogP contribution in [0.3, 0.4) is 0 Å². The standard InChI is InChI=1S/C15H15N5O6S2/c16-28(25,26)11-2-1-8(3-17-11)19-13(23)10-6-27-14-12(10)15(24)20(7-18-14)4-9(22)5-21/h1-3,6-7,9,21-22H,4-5H2,(H,19,23)(H2,16,25,26). The van der Waals surface area contributed by atoms with Gasteiger partial charge < -0.3 is 15.5 Å². The zero-order valence-corrected chi connectivity index (χ0v) is 15.8. The molecular formula is C15H15N5O6S2. The summed E-state index contributed by atoms with van der Waals surface area (Å²) < 4.78 is 23.5. The molecule has 148 valence electrons. The molecule has 0 aromatic carbocycles. The number of pyridine rings is 1. The monoisotopic (exact) mass is 425 g/mol. The lowest BCUT2D eigenvalue weighted by atomic mass is 10.2. The maximum Gasteiger partial charge on any atom is 0.262 e. The van der Waals surface area contributed by atoms with E-state index >= 15 is 0 Å². The smallest absolute Gasteiger partial charge is 0.262 e. The molecule has 1 unspecified atom stereocenters. The van der Waals surface area contributed by atoms with Gasteiger partial charge in [0.15, 0.2) is 5.03 Å². The molecule has 3 aromatic heterocycles. The van der Waals surface area contributed by atoms with E-state index in [1.807, 2.05) is 0 Å². The van der Waals surface area contributed by atoms with Crippen LogP contribution in [0.25, 0.3) is 10.2 Å². The van der Waals surface area contributed by atoms with E-state index in [0.717, 1.165) is 28.2 Å². The summed E-state index contributed by atoms with van der Waals surface area (Å²) in [5, 5.41) is 27.2. The summed E-state index contributed by atoms with van der Waals surface area (Å²) in [6.07, 6.45) is 1.22. The van der Waals surface area contributed by atoms with Crippen LogP contribution in [-0.2, 0) is 16.6 Å². The Bertz CT molecular complexity index is 1190. The number of sulfonamides is 1. The van der Waals surface area contributed by atoms with Crippen LogP contribution in [0.15, 0.2) is 39.9 Å². The molecule has 0 radical (unpaired) electrons. The second-order valence-corrected chi connectivity index (χ2v) is 8.12. The lowest BCUT2D eigenvalue weighted by molar-refractivity contribution is 0.0803. The van der Waals surface area contributed by atoms with Gasteiger partial charge in [0.1, 0.15) is 4.83 Å². The number of carbonyl (C=O) groups is 1. The van der Waals surface area contributed by atoms with E-state index in [9.17, 15) is 23.1 Å². The number of aliphatic hydroxyl groups excluding tert-OH is 2. The van der Waals surface area contributed by atoms with Crippen molar-refractivity contribution < 1.29 is 23.4 Å². The van der Waals surface area contributed by atoms with Crippen LogP contribution in [0.2, 0.25) is 0 Å². The maximum absolute atomic E-state index is 12.6. The average Bonchev–Trinajstić information content (AvgIpc) is 3.08. The van der Waals surface area contributed by atoms with Gasteiger partial charge in [0, 0.05) is 5.38 Å². The number of anilines is 1. The van der Waals surface area contributed by atoms with E-state index in [0.29, 0.717) is 4.83 Å². The minimum Gasteiger partial charge on any atom is -0.394 e. The summed E-state index contributed by atoms with van der Waals surface area (Å²) in [5.74, 6) is -0.615. The third-order valence-corrected chi connectivity index (χ3v) is 5.42. The third kappa shape index (κ3) is 4.07. The van der Waals surface area contributed by atoms with E-state index in [4.69, 9.17) is 10.2 Å². The van der Waals surface area contributed by atoms with Gasteiger partial charge in [-0.2, -0.15) is 0 Å². The van der Waals surface area contributed by atoms with Crippen LogP contribution in [0, 0.1) is 0 Å². The van der Waals surface area contributed by atoms with Crippen molar-refractivity contribution in [3.05, 3.63) is 46.0 Å². The van der Waals surface area contributed by atoms with Crippen molar-refractivity contribution in [3.63, 3.8) is 0 Å². The summed E-state index contributed by atoms with van der Waals surface area (Å²) in [6.45, 7) is -0.697. The molecule has 0 aliphatic carbocycles. The molecule has 5 N–H and O–H groups in total. The number of aliphatic hydroxyl groups is 2. The van der Waals surface area contributed by atoms with Gasteiger partial charge in [-0.25, -0.2) is 23.5 Å². The second-order valence-electron chi connectivity index (χ2n) is 5.75. The molecule has 0 bridgehead atoms. The molecular weight excluding hydrogens is 410 g/mol. The van der Waals surface area contributed by atoms with Crippen LogP contribution >= 0.6 is 11.3 Å². The fraction of sp³-hybridized carbons (Fsp3) is 0.200. The number of amides is 1. The Morgan fingerprint density at radius 3 is 2.71 bits per heavy atom. The quantitative estimate of drug-likeness (QED) is 0.393. The number of nitrogens with one attached hydrogen (secondary N) is 1. The van der Waals surface area contributed by atoms with Crippen LogP contribution < -0.4 is 16.0 Å². The topological polar surface area (TPSA) is 178 Å². The highest BCUT2D eigenvalue weighted by molar-refractivity contribution is 7.89. The molecule has 1 amide bonds. The molecule has 0 saturated carbocycles. The van der Waals surface area contributed by atoms with Gasteiger partial charge in [-0.05, 0) is 12.1 Å². The van der Waals surface area contributed by atoms with E-state index in [1.54, 1.807) is 0 Å². The molecule has 0 aliphatic heterocycles. The third-order valence-electron chi connectivity index (χ3n) is 3.71. The Morgan fingerprint density at radius 2 is 2.11 bits per heavy atom. The molecule has 3 aromatic rings. The number of fused-ring (bicyclic) bond motifs is 1. The van der Waals surface area contributed by atoms with Gasteiger partial charge in [-0.3, -0.25) is 14.2 Å². The van der Waals surface area contributed by atoms with Crippen LogP contribution in [0.5, 0.6) is 0 Å². The van der Waals surface area contributed by atoms with E-state index < -0.39 is 34.2 Å². The molecule has 3 rings (SSSR count). The summed E-state index contributed by atoms with van der Waals surface area (Å²) in [6, 6.07) is 2.45. The highest BCUT2D eigenvalue weighted by atomic mass is 32.2. The fourth-order valence-electron chi connectivity index (χ4n) is 2.37. The zero-order valence-electron chi connectivity index (χ0n) is 14.1. The second kappa shape index (κ2) is 7.73. The van der Waals surface area contributed by atoms with Gasteiger partial charge in [0.2, 0.25) is 0 Å². The van der Waals surface area contributed by atoms with Gasteiger partial charge in [-0.15, -0.1) is 11.3 Å². The molecule has 0 saturated heterocycles. The van der Waals surface area contributed by atoms with Crippen LogP contribution in [-0.4, -0.2) is 51.8 Å². The molecule has 0 aliphatic rings. The van der Waals surface area contributed by atoms with Gasteiger partial charge in [-0.1, -0.05) is 0 Å². The molecule has 3 heterocycles. The summed E-state index contributed by atoms with van der Waals surface area (Å²) in [4.78, 5) is 33.3. The summed E-state index contributed by atoms with van der Waals surface area (Å²) in [7, 11) is -3.96. The van der Waals surface area contributed by atoms with Gasteiger partial charge in [0.05, 0.1) is 48.4 Å². The lowest BCUT2D eigenvalue weighted by Gasteiger charge is -2.10. The fourth-order valence-corrected chi connectivity index (χ4v) is 3.71. The molecule has 0 spiro atoms. The number of nitrogens with zero attached hydrogens (tertiary/aromatic N) is 3. The number of carbonyl (C=O) groups excluding carboxylic acids is 1. The molecule has 28 heavy (non-hydrogen) atoms. The summed E-state index contributed by atoms with van der Waals surface area (Å²) >= 11 is 1.10.